The van der Waals surface area contributed by atoms with Crippen LogP contribution in [0.25, 0.3) is 0 Å². The van der Waals surface area contributed by atoms with E-state index in [1.165, 1.54) is 29.8 Å². The molecule has 0 fully saturated rings. The van der Waals surface area contributed by atoms with E-state index in [0.717, 1.165) is 0 Å². The Balaban J connectivity index is 0.00000220. The molecule has 0 spiro atoms. The zero-order valence-electron chi connectivity index (χ0n) is 12.4. The van der Waals surface area contributed by atoms with Crippen molar-refractivity contribution in [1.29, 1.82) is 0 Å². The molecule has 112 valence electrons. The second-order valence-electron chi connectivity index (χ2n) is 5.94. The van der Waals surface area contributed by atoms with Crippen molar-refractivity contribution in [2.24, 2.45) is 0 Å². The van der Waals surface area contributed by atoms with Gasteiger partial charge >= 0.3 is 0 Å². The highest BCUT2D eigenvalue weighted by Gasteiger charge is 2.16. The van der Waals surface area contributed by atoms with Gasteiger partial charge in [0, 0.05) is 17.7 Å². The molecule has 2 rings (SSSR count). The quantitative estimate of drug-likeness (QED) is 0.575. The maximum atomic E-state index is 12.8. The van der Waals surface area contributed by atoms with Gasteiger partial charge in [-0.2, -0.15) is 4.57 Å². The van der Waals surface area contributed by atoms with E-state index in [9.17, 15) is 9.18 Å². The Hall–Kier alpha value is -1.55. The first-order chi connectivity index (χ1) is 9.36. The molecule has 0 unspecified atom stereocenters. The van der Waals surface area contributed by atoms with Crippen LogP contribution < -0.4 is 21.5 Å². The third-order valence-electron chi connectivity index (χ3n) is 3.25. The van der Waals surface area contributed by atoms with Gasteiger partial charge in [0.1, 0.15) is 5.82 Å². The number of aromatic nitrogens is 1. The third kappa shape index (κ3) is 4.74. The van der Waals surface area contributed by atoms with Crippen LogP contribution in [0.15, 0.2) is 48.8 Å². The number of carbonyl (C=O) groups excluding carboxylic acids is 1. The average molecular weight is 352 g/mol. The van der Waals surface area contributed by atoms with Crippen LogP contribution in [0, 0.1) is 5.82 Å². The monoisotopic (exact) mass is 351 g/mol. The van der Waals surface area contributed by atoms with Crippen molar-refractivity contribution in [2.45, 2.75) is 32.7 Å². The van der Waals surface area contributed by atoms with Gasteiger partial charge in [0.2, 0.25) is 12.3 Å². The Labute approximate surface area is 135 Å². The molecule has 2 aromatic rings. The summed E-state index contributed by atoms with van der Waals surface area (Å²) in [6.45, 7) is 6.71. The van der Waals surface area contributed by atoms with E-state index >= 15 is 0 Å². The summed E-state index contributed by atoms with van der Waals surface area (Å²) >= 11 is 0. The molecule has 4 heteroatoms. The SMILES string of the molecule is CC(C)(C)c1cc[n+](CC(=O)c2ccc(F)cc2)cc1.[Br-]. The predicted octanol–water partition coefficient (Wildman–Crippen LogP) is 0.298. The summed E-state index contributed by atoms with van der Waals surface area (Å²) in [6.07, 6.45) is 3.81. The number of nitrogens with zero attached hydrogens (tertiary/aromatic N) is 1. The lowest BCUT2D eigenvalue weighted by Crippen LogP contribution is -3.00. The Morgan fingerprint density at radius 2 is 1.57 bits per heavy atom. The Morgan fingerprint density at radius 3 is 2.05 bits per heavy atom. The van der Waals surface area contributed by atoms with E-state index in [2.05, 4.69) is 20.8 Å². The number of rotatable bonds is 3. The van der Waals surface area contributed by atoms with Crippen LogP contribution in [0.4, 0.5) is 4.39 Å². The largest absolute Gasteiger partial charge is 1.00 e. The van der Waals surface area contributed by atoms with Crippen LogP contribution in [0.5, 0.6) is 0 Å². The van der Waals surface area contributed by atoms with Gasteiger partial charge in [-0.05, 0) is 35.2 Å². The fourth-order valence-electron chi connectivity index (χ4n) is 1.96. The van der Waals surface area contributed by atoms with E-state index in [1.54, 1.807) is 0 Å². The standard InChI is InChI=1S/C17H19FNO.BrH/c1-17(2,3)14-8-10-19(11-9-14)12-16(20)13-4-6-15(18)7-5-13;/h4-11H,12H2,1-3H3;1H/q+1;/p-1. The van der Waals surface area contributed by atoms with Crippen molar-refractivity contribution in [3.05, 3.63) is 65.7 Å². The molecule has 0 bridgehead atoms. The molecular formula is C17H19BrFNO. The predicted molar refractivity (Wildman–Crippen MR) is 76.1 cm³/mol. The first kappa shape index (κ1) is 17.5. The van der Waals surface area contributed by atoms with Crippen LogP contribution in [0.3, 0.4) is 0 Å². The molecule has 0 aliphatic carbocycles. The Kier molecular flexibility index (Phi) is 5.78. The minimum Gasteiger partial charge on any atom is -1.00 e. The van der Waals surface area contributed by atoms with Gasteiger partial charge in [-0.1, -0.05) is 20.8 Å². The van der Waals surface area contributed by atoms with E-state index in [1.807, 2.05) is 29.1 Å². The van der Waals surface area contributed by atoms with E-state index in [0.29, 0.717) is 5.56 Å². The van der Waals surface area contributed by atoms with Crippen molar-refractivity contribution in [1.82, 2.24) is 0 Å². The van der Waals surface area contributed by atoms with Crippen molar-refractivity contribution >= 4 is 5.78 Å². The number of hydrogen-bond donors (Lipinski definition) is 0. The second kappa shape index (κ2) is 6.94. The molecule has 2 nitrogen and oxygen atoms in total. The van der Waals surface area contributed by atoms with Gasteiger partial charge in [0.05, 0.1) is 0 Å². The third-order valence-corrected chi connectivity index (χ3v) is 3.25. The molecule has 0 aliphatic rings. The summed E-state index contributed by atoms with van der Waals surface area (Å²) in [5.74, 6) is -0.359. The fourth-order valence-corrected chi connectivity index (χ4v) is 1.96. The number of ketones is 1. The zero-order chi connectivity index (χ0) is 14.8. The minimum absolute atomic E-state index is 0. The molecule has 0 amide bonds. The molecule has 0 N–H and O–H groups in total. The molecule has 0 saturated carbocycles. The molecule has 0 aliphatic heterocycles. The normalized spacial score (nSPS) is 10.9. The molecule has 1 heterocycles. The number of halogens is 2. The number of benzene rings is 1. The Morgan fingerprint density at radius 1 is 1.05 bits per heavy atom. The van der Waals surface area contributed by atoms with Gasteiger partial charge in [-0.15, -0.1) is 0 Å². The summed E-state index contributed by atoms with van der Waals surface area (Å²) in [7, 11) is 0. The molecule has 0 radical (unpaired) electrons. The summed E-state index contributed by atoms with van der Waals surface area (Å²) in [5.41, 5.74) is 1.85. The first-order valence-electron chi connectivity index (χ1n) is 6.64. The highest BCUT2D eigenvalue weighted by molar-refractivity contribution is 5.94. The lowest BCUT2D eigenvalue weighted by atomic mass is 9.88. The van der Waals surface area contributed by atoms with Crippen LogP contribution >= 0.6 is 0 Å². The zero-order valence-corrected chi connectivity index (χ0v) is 14.0. The van der Waals surface area contributed by atoms with Gasteiger partial charge < -0.3 is 17.0 Å². The molecular weight excluding hydrogens is 333 g/mol. The molecule has 0 saturated heterocycles. The van der Waals surface area contributed by atoms with Crippen LogP contribution in [0.1, 0.15) is 36.7 Å². The van der Waals surface area contributed by atoms with Gasteiger partial charge in [-0.25, -0.2) is 4.39 Å². The molecule has 1 aromatic heterocycles. The smallest absolute Gasteiger partial charge is 0.227 e. The summed E-state index contributed by atoms with van der Waals surface area (Å²) < 4.78 is 14.7. The summed E-state index contributed by atoms with van der Waals surface area (Å²) in [5, 5.41) is 0. The number of Topliss-reactive ketones (excluding diaryl/α,β-unsaturated/α-hetero) is 1. The summed E-state index contributed by atoms with van der Waals surface area (Å²) in [4.78, 5) is 12.1. The molecule has 0 atom stereocenters. The number of hydrogen-bond acceptors (Lipinski definition) is 1. The lowest BCUT2D eigenvalue weighted by molar-refractivity contribution is -0.683. The Bertz CT molecular complexity index is 600. The van der Waals surface area contributed by atoms with Crippen molar-refractivity contribution in [3.63, 3.8) is 0 Å². The molecule has 21 heavy (non-hydrogen) atoms. The fraction of sp³-hybridized carbons (Fsp3) is 0.294. The van der Waals surface area contributed by atoms with Crippen molar-refractivity contribution in [2.75, 3.05) is 0 Å². The van der Waals surface area contributed by atoms with Gasteiger partial charge in [0.25, 0.3) is 0 Å². The van der Waals surface area contributed by atoms with Gasteiger partial charge in [-0.3, -0.25) is 4.79 Å². The van der Waals surface area contributed by atoms with Gasteiger partial charge in [0.15, 0.2) is 12.4 Å². The maximum absolute atomic E-state index is 12.8. The van der Waals surface area contributed by atoms with Crippen molar-refractivity contribution < 1.29 is 30.7 Å². The summed E-state index contributed by atoms with van der Waals surface area (Å²) in [6, 6.07) is 9.70. The average Bonchev–Trinajstić information content (AvgIpc) is 2.39. The minimum atomic E-state index is -0.330. The highest BCUT2D eigenvalue weighted by Crippen LogP contribution is 2.20. The number of pyridine rings is 1. The molecule has 1 aromatic carbocycles. The van der Waals surface area contributed by atoms with E-state index in [4.69, 9.17) is 0 Å². The van der Waals surface area contributed by atoms with Crippen LogP contribution in [-0.2, 0) is 12.0 Å². The van der Waals surface area contributed by atoms with Crippen LogP contribution in [0.2, 0.25) is 0 Å². The lowest BCUT2D eigenvalue weighted by Gasteiger charge is -2.17. The highest BCUT2D eigenvalue weighted by atomic mass is 79.9. The van der Waals surface area contributed by atoms with E-state index < -0.39 is 0 Å². The second-order valence-corrected chi connectivity index (χ2v) is 5.94. The van der Waals surface area contributed by atoms with Crippen molar-refractivity contribution in [3.8, 4) is 0 Å². The number of carbonyl (C=O) groups is 1. The van der Waals surface area contributed by atoms with Crippen LogP contribution in [-0.4, -0.2) is 5.78 Å². The topological polar surface area (TPSA) is 20.9 Å². The maximum Gasteiger partial charge on any atom is 0.227 e. The first-order valence-corrected chi connectivity index (χ1v) is 6.64. The van der Waals surface area contributed by atoms with E-state index in [-0.39, 0.29) is 40.5 Å².